The number of benzene rings is 5. The van der Waals surface area contributed by atoms with E-state index in [0.29, 0.717) is 122 Å². The van der Waals surface area contributed by atoms with Crippen LogP contribution in [0.2, 0.25) is 0 Å². The molecule has 3 N–H and O–H groups in total. The fourth-order valence-corrected chi connectivity index (χ4v) is 17.0. The number of amides is 3. The Morgan fingerprint density at radius 3 is 1.54 bits per heavy atom. The molecule has 9 aliphatic heterocycles. The average Bonchev–Trinajstić information content (AvgIpc) is 1.59. The highest BCUT2D eigenvalue weighted by atomic mass is 19.4. The number of hydrogen-bond acceptors (Lipinski definition) is 12. The Hall–Kier alpha value is -7.97. The maximum absolute atomic E-state index is 13.6. The smallest absolute Gasteiger partial charge is 0.393 e. The normalized spacial score (nSPS) is 22.6. The predicted molar refractivity (Wildman–Crippen MR) is 353 cm³/mol. The molecule has 0 spiro atoms. The number of alkyl halides is 3. The number of nitrogens with zero attached hydrogens (tertiary/aromatic N) is 9. The lowest BCUT2D eigenvalue weighted by Gasteiger charge is -2.36. The van der Waals surface area contributed by atoms with E-state index in [4.69, 9.17) is 4.74 Å². The maximum Gasteiger partial charge on any atom is 0.416 e. The molecular formula is C75H84F3N9O7. The van der Waals surface area contributed by atoms with Gasteiger partial charge in [0.1, 0.15) is 0 Å². The van der Waals surface area contributed by atoms with Gasteiger partial charge in [-0.1, -0.05) is 60.7 Å². The summed E-state index contributed by atoms with van der Waals surface area (Å²) in [5.74, 6) is 0.394. The summed E-state index contributed by atoms with van der Waals surface area (Å²) in [5.41, 5.74) is 13.0. The number of likely N-dealkylation sites (tertiary alicyclic amines) is 3. The number of anilines is 4. The number of rotatable bonds is 17. The Kier molecular flexibility index (Phi) is 17.2. The van der Waals surface area contributed by atoms with E-state index >= 15 is 0 Å². The molecule has 6 atom stereocenters. The monoisotopic (exact) mass is 1280 g/mol. The zero-order valence-corrected chi connectivity index (χ0v) is 53.2. The van der Waals surface area contributed by atoms with E-state index in [2.05, 4.69) is 102 Å². The number of halogens is 3. The van der Waals surface area contributed by atoms with E-state index in [1.165, 1.54) is 29.0 Å². The third kappa shape index (κ3) is 12.3. The standard InChI is InChI=1S/C75H84F3N9O7/c76-75(77,78)54-12-10-49(11-13-54)35-73(92)81-28-20-52(21-29-81)70(89)40-61-58-37-55(14-16-64(58)85-45-79-42-66(61)85)84-44-68-62(41-71(90)53-22-30-82(31-23-53)74(93)36-50-24-32-94-33-25-50)59-38-56(15-17-65(59)87(68)47-84)83-43-67-60(57-8-4-5-9-63(57)86(67)46-83)39-69(88)51-18-26-80(27-19-51)72(91)34-48-6-2-1-3-7-48/h1-17,37-38,42-45,50-53,60-62,69-71,88-90H,18-36,39-41,46-47H2. The SMILES string of the molecule is O=C(Cc1ccccc1)N1CCC(C(O)CC2C3=CN(c4ccc5c(c4)C(CC(O)C4CCN(C(=O)CC6CCOCC6)CC4)C4=CN(c6ccc7c(c6)C(CC(O)C6CCN(C(=O)Cc8ccc(C(F)(F)F)cc8)CC6)c6cncn6-7)CN45)CN3c3ccccc32)CC1. The fraction of sp³-hybridized carbons (Fsp3) is 0.467. The van der Waals surface area contributed by atoms with Gasteiger partial charge in [0, 0.05) is 129 Å². The van der Waals surface area contributed by atoms with Crippen LogP contribution in [0, 0.1) is 23.7 Å². The average molecular weight is 1280 g/mol. The van der Waals surface area contributed by atoms with Crippen molar-refractivity contribution in [1.82, 2.24) is 24.3 Å². The molecule has 16 nitrogen and oxygen atoms in total. The number of fused-ring (bicyclic) bond motifs is 9. The highest BCUT2D eigenvalue weighted by molar-refractivity contribution is 5.81. The fourth-order valence-electron chi connectivity index (χ4n) is 17.0. The molecule has 10 heterocycles. The molecule has 0 radical (unpaired) electrons. The molecule has 492 valence electrons. The van der Waals surface area contributed by atoms with Crippen LogP contribution in [0.4, 0.5) is 35.9 Å². The van der Waals surface area contributed by atoms with Gasteiger partial charge < -0.3 is 58.9 Å². The minimum Gasteiger partial charge on any atom is -0.393 e. The number of allylic oxidation sites excluding steroid dienone is 2. The van der Waals surface area contributed by atoms with Gasteiger partial charge in [-0.15, -0.1) is 0 Å². The highest BCUT2D eigenvalue weighted by Crippen LogP contribution is 2.54. The number of aliphatic hydroxyl groups is 3. The largest absolute Gasteiger partial charge is 0.416 e. The van der Waals surface area contributed by atoms with Gasteiger partial charge in [0.05, 0.1) is 67.8 Å². The Balaban J connectivity index is 0.651. The van der Waals surface area contributed by atoms with Gasteiger partial charge >= 0.3 is 6.18 Å². The number of piperidine rings is 3. The van der Waals surface area contributed by atoms with Crippen LogP contribution >= 0.6 is 0 Å². The van der Waals surface area contributed by atoms with Gasteiger partial charge in [0.2, 0.25) is 17.7 Å². The summed E-state index contributed by atoms with van der Waals surface area (Å²) in [4.78, 5) is 59.9. The molecule has 6 aromatic rings. The molecule has 6 unspecified atom stereocenters. The number of hydrogen-bond donors (Lipinski definition) is 3. The number of para-hydroxylation sites is 1. The highest BCUT2D eigenvalue weighted by Gasteiger charge is 2.45. The lowest BCUT2D eigenvalue weighted by atomic mass is 9.83. The molecule has 9 aliphatic rings. The Morgan fingerprint density at radius 1 is 0.521 bits per heavy atom. The molecule has 0 bridgehead atoms. The topological polar surface area (TPSA) is 162 Å². The van der Waals surface area contributed by atoms with Crippen LogP contribution in [0.3, 0.4) is 0 Å². The summed E-state index contributed by atoms with van der Waals surface area (Å²) in [6.07, 6.45) is 10.7. The first-order valence-electron chi connectivity index (χ1n) is 34.2. The Morgan fingerprint density at radius 2 is 0.989 bits per heavy atom. The lowest BCUT2D eigenvalue weighted by molar-refractivity contribution is -0.137. The van der Waals surface area contributed by atoms with E-state index in [1.54, 1.807) is 4.90 Å². The summed E-state index contributed by atoms with van der Waals surface area (Å²) in [6, 6.07) is 36.6. The third-order valence-electron chi connectivity index (χ3n) is 22.5. The second-order valence-electron chi connectivity index (χ2n) is 27.9. The van der Waals surface area contributed by atoms with E-state index in [9.17, 15) is 42.9 Å². The van der Waals surface area contributed by atoms with Gasteiger partial charge in [-0.2, -0.15) is 13.2 Å². The van der Waals surface area contributed by atoms with E-state index in [-0.39, 0.29) is 59.6 Å². The van der Waals surface area contributed by atoms with Gasteiger partial charge in [-0.3, -0.25) is 14.4 Å². The van der Waals surface area contributed by atoms with Crippen LogP contribution in [-0.2, 0) is 38.1 Å². The summed E-state index contributed by atoms with van der Waals surface area (Å²) in [7, 11) is 0. The zero-order chi connectivity index (χ0) is 64.4. The van der Waals surface area contributed by atoms with Crippen molar-refractivity contribution in [1.29, 1.82) is 0 Å². The Labute approximate surface area is 547 Å². The third-order valence-corrected chi connectivity index (χ3v) is 22.5. The van der Waals surface area contributed by atoms with Crippen molar-refractivity contribution in [2.75, 3.05) is 85.4 Å². The van der Waals surface area contributed by atoms with E-state index in [0.717, 1.165) is 102 Å². The maximum atomic E-state index is 13.6. The molecule has 4 saturated heterocycles. The first kappa shape index (κ1) is 62.2. The van der Waals surface area contributed by atoms with Crippen molar-refractivity contribution >= 4 is 40.5 Å². The number of carbonyl (C=O) groups is 3. The molecule has 3 amide bonds. The van der Waals surface area contributed by atoms with Crippen molar-refractivity contribution in [3.8, 4) is 5.69 Å². The predicted octanol–water partition coefficient (Wildman–Crippen LogP) is 11.1. The van der Waals surface area contributed by atoms with Crippen LogP contribution in [0.1, 0.15) is 134 Å². The minimum atomic E-state index is -4.44. The molecule has 4 fully saturated rings. The summed E-state index contributed by atoms with van der Waals surface area (Å²) in [5, 5.41) is 36.6. The number of aliphatic hydroxyl groups excluding tert-OH is 3. The minimum absolute atomic E-state index is 0.000422. The molecule has 0 aliphatic carbocycles. The molecular weight excluding hydrogens is 1200 g/mol. The van der Waals surface area contributed by atoms with Crippen molar-refractivity contribution in [2.24, 2.45) is 23.7 Å². The summed E-state index contributed by atoms with van der Waals surface area (Å²) >= 11 is 0. The molecule has 15 rings (SSSR count). The quantitative estimate of drug-likeness (QED) is 0.0794. The molecule has 1 aromatic heterocycles. The summed E-state index contributed by atoms with van der Waals surface area (Å²) in [6.45, 7) is 6.10. The van der Waals surface area contributed by atoms with Crippen molar-refractivity contribution < 1.29 is 47.6 Å². The van der Waals surface area contributed by atoms with Gasteiger partial charge in [0.15, 0.2) is 0 Å². The zero-order valence-electron chi connectivity index (χ0n) is 53.2. The van der Waals surface area contributed by atoms with Crippen molar-refractivity contribution in [3.63, 3.8) is 0 Å². The first-order chi connectivity index (χ1) is 45.6. The van der Waals surface area contributed by atoms with E-state index in [1.807, 2.05) is 52.7 Å². The molecule has 0 saturated carbocycles. The van der Waals surface area contributed by atoms with Crippen LogP contribution in [-0.4, -0.2) is 141 Å². The second kappa shape index (κ2) is 26.0. The first-order valence-corrected chi connectivity index (χ1v) is 34.2. The number of ether oxygens (including phenoxy) is 1. The van der Waals surface area contributed by atoms with Gasteiger partial charge in [-0.05, 0) is 177 Å². The van der Waals surface area contributed by atoms with E-state index < -0.39 is 30.1 Å². The van der Waals surface area contributed by atoms with Gasteiger partial charge in [0.25, 0.3) is 0 Å². The van der Waals surface area contributed by atoms with Crippen LogP contribution in [0.15, 0.2) is 152 Å². The number of imidazole rings is 1. The Bertz CT molecular complexity index is 3830. The molecule has 19 heteroatoms. The van der Waals surface area contributed by atoms with Crippen molar-refractivity contribution in [2.45, 2.75) is 132 Å². The molecule has 5 aromatic carbocycles. The second-order valence-corrected chi connectivity index (χ2v) is 27.9. The summed E-state index contributed by atoms with van der Waals surface area (Å²) < 4.78 is 47.3. The van der Waals surface area contributed by atoms with Crippen LogP contribution < -0.4 is 19.6 Å². The number of carbonyl (C=O) groups excluding carboxylic acids is 3. The van der Waals surface area contributed by atoms with Crippen LogP contribution in [0.5, 0.6) is 0 Å². The molecule has 94 heavy (non-hydrogen) atoms. The lowest BCUT2D eigenvalue weighted by Crippen LogP contribution is -2.42. The number of aromatic nitrogens is 2. The van der Waals surface area contributed by atoms with Crippen LogP contribution in [0.25, 0.3) is 5.69 Å². The van der Waals surface area contributed by atoms with Crippen molar-refractivity contribution in [3.05, 3.63) is 191 Å². The van der Waals surface area contributed by atoms with Gasteiger partial charge in [-0.25, -0.2) is 4.98 Å².